The summed E-state index contributed by atoms with van der Waals surface area (Å²) in [5.74, 6) is -2.29. The summed E-state index contributed by atoms with van der Waals surface area (Å²) in [6.07, 6.45) is 1.73. The minimum atomic E-state index is -1.32. The Kier molecular flexibility index (Phi) is 11.0. The molecule has 2 aromatic carbocycles. The van der Waals surface area contributed by atoms with Crippen LogP contribution in [0.5, 0.6) is 0 Å². The van der Waals surface area contributed by atoms with Gasteiger partial charge in [0.2, 0.25) is 5.91 Å². The standard InChI is InChI=1S/C34H37ClN4O5S/c1-6-21-9-8-10-22(7-2)30(21)39-29(15-19(3)4)25(31(41)36-17-27(34(43)44)37-20(5)40)16-26(33(39)42)32-38-28(18-45-32)23-11-13-24(35)14-12-23/h8-14,16,18-19,27H,6-7,15,17H2,1-5H3,(H,36,41)(H,37,40)(H,43,44)/t27-/m1/s1. The lowest BCUT2D eigenvalue weighted by atomic mass is 9.97. The van der Waals surface area contributed by atoms with E-state index in [1.54, 1.807) is 22.8 Å². The van der Waals surface area contributed by atoms with E-state index in [9.17, 15) is 24.3 Å². The molecule has 4 rings (SSSR count). The second kappa shape index (κ2) is 14.7. The molecule has 0 saturated carbocycles. The van der Waals surface area contributed by atoms with Crippen molar-refractivity contribution in [2.75, 3.05) is 6.54 Å². The summed E-state index contributed by atoms with van der Waals surface area (Å²) in [7, 11) is 0. The van der Waals surface area contributed by atoms with Crippen LogP contribution < -0.4 is 16.2 Å². The molecule has 0 radical (unpaired) electrons. The third kappa shape index (κ3) is 7.69. The Morgan fingerprint density at radius 1 is 1.04 bits per heavy atom. The first-order chi connectivity index (χ1) is 21.4. The molecule has 236 valence electrons. The zero-order chi connectivity index (χ0) is 32.8. The van der Waals surface area contributed by atoms with Crippen molar-refractivity contribution in [1.82, 2.24) is 20.2 Å². The van der Waals surface area contributed by atoms with Gasteiger partial charge in [0.1, 0.15) is 11.0 Å². The van der Waals surface area contributed by atoms with Crippen LogP contribution in [0.4, 0.5) is 0 Å². The van der Waals surface area contributed by atoms with Crippen LogP contribution in [0.15, 0.2) is 58.7 Å². The Hall–Kier alpha value is -4.28. The van der Waals surface area contributed by atoms with Gasteiger partial charge in [0.05, 0.1) is 22.5 Å². The highest BCUT2D eigenvalue weighted by Gasteiger charge is 2.27. The van der Waals surface area contributed by atoms with Gasteiger partial charge in [0.15, 0.2) is 0 Å². The second-order valence-corrected chi connectivity index (χ2v) is 12.4. The Morgan fingerprint density at radius 3 is 2.24 bits per heavy atom. The summed E-state index contributed by atoms with van der Waals surface area (Å²) in [5.41, 5.74) is 4.88. The number of amides is 2. The highest BCUT2D eigenvalue weighted by Crippen LogP contribution is 2.31. The van der Waals surface area contributed by atoms with Crippen LogP contribution >= 0.6 is 22.9 Å². The normalized spacial score (nSPS) is 11.8. The van der Waals surface area contributed by atoms with Gasteiger partial charge in [0.25, 0.3) is 11.5 Å². The van der Waals surface area contributed by atoms with Gasteiger partial charge in [-0.05, 0) is 54.5 Å². The smallest absolute Gasteiger partial charge is 0.328 e. The first kappa shape index (κ1) is 33.6. The van der Waals surface area contributed by atoms with E-state index in [0.717, 1.165) is 22.4 Å². The molecule has 1 atom stereocenters. The van der Waals surface area contributed by atoms with Crippen molar-refractivity contribution in [3.05, 3.63) is 91.7 Å². The predicted octanol–water partition coefficient (Wildman–Crippen LogP) is 5.92. The highest BCUT2D eigenvalue weighted by atomic mass is 35.5. The number of carbonyl (C=O) groups is 3. The molecular formula is C34H37ClN4O5S. The number of hydrogen-bond donors (Lipinski definition) is 3. The molecule has 2 amide bonds. The number of aromatic nitrogens is 2. The minimum absolute atomic E-state index is 0.0782. The highest BCUT2D eigenvalue weighted by molar-refractivity contribution is 7.13. The molecule has 0 spiro atoms. The monoisotopic (exact) mass is 648 g/mol. The fraction of sp³-hybridized carbons (Fsp3) is 0.324. The van der Waals surface area contributed by atoms with E-state index in [-0.39, 0.29) is 29.1 Å². The van der Waals surface area contributed by atoms with Crippen LogP contribution in [0.25, 0.3) is 27.5 Å². The first-order valence-electron chi connectivity index (χ1n) is 14.8. The molecule has 2 aromatic heterocycles. The number of benzene rings is 2. The number of rotatable bonds is 12. The predicted molar refractivity (Wildman–Crippen MR) is 178 cm³/mol. The number of carboxylic acid groups (broad SMARTS) is 1. The van der Waals surface area contributed by atoms with Crippen molar-refractivity contribution in [2.45, 2.75) is 59.9 Å². The summed E-state index contributed by atoms with van der Waals surface area (Å²) in [5, 5.41) is 17.5. The molecular weight excluding hydrogens is 612 g/mol. The summed E-state index contributed by atoms with van der Waals surface area (Å²) >= 11 is 7.37. The molecule has 0 aliphatic heterocycles. The van der Waals surface area contributed by atoms with E-state index in [0.29, 0.717) is 40.7 Å². The van der Waals surface area contributed by atoms with Crippen LogP contribution in [0, 0.1) is 5.92 Å². The van der Waals surface area contributed by atoms with Crippen LogP contribution in [0.3, 0.4) is 0 Å². The molecule has 0 aliphatic rings. The largest absolute Gasteiger partial charge is 0.480 e. The Morgan fingerprint density at radius 2 is 1.69 bits per heavy atom. The van der Waals surface area contributed by atoms with Gasteiger partial charge in [-0.3, -0.25) is 19.0 Å². The van der Waals surface area contributed by atoms with E-state index in [2.05, 4.69) is 10.6 Å². The number of aryl methyl sites for hydroxylation is 2. The molecule has 0 aliphatic carbocycles. The van der Waals surface area contributed by atoms with E-state index in [1.165, 1.54) is 18.3 Å². The van der Waals surface area contributed by atoms with Crippen molar-refractivity contribution in [3.8, 4) is 27.5 Å². The van der Waals surface area contributed by atoms with Crippen LogP contribution in [-0.4, -0.2) is 45.0 Å². The van der Waals surface area contributed by atoms with Crippen LogP contribution in [-0.2, 0) is 28.9 Å². The average Bonchev–Trinajstić information content (AvgIpc) is 3.49. The lowest BCUT2D eigenvalue weighted by Gasteiger charge is -2.24. The Bertz CT molecular complexity index is 1760. The zero-order valence-electron chi connectivity index (χ0n) is 25.9. The second-order valence-electron chi connectivity index (χ2n) is 11.1. The van der Waals surface area contributed by atoms with Gasteiger partial charge in [-0.2, -0.15) is 0 Å². The van der Waals surface area contributed by atoms with Gasteiger partial charge >= 0.3 is 5.97 Å². The third-order valence-electron chi connectivity index (χ3n) is 7.35. The fourth-order valence-corrected chi connectivity index (χ4v) is 6.18. The third-order valence-corrected chi connectivity index (χ3v) is 8.48. The van der Waals surface area contributed by atoms with E-state index in [1.807, 2.05) is 63.4 Å². The molecule has 9 nitrogen and oxygen atoms in total. The lowest BCUT2D eigenvalue weighted by molar-refractivity contribution is -0.141. The van der Waals surface area contributed by atoms with E-state index < -0.39 is 23.8 Å². The number of para-hydroxylation sites is 1. The maximum atomic E-state index is 14.6. The number of carboxylic acids is 1. The van der Waals surface area contributed by atoms with Crippen molar-refractivity contribution in [1.29, 1.82) is 0 Å². The Labute approximate surface area is 271 Å². The molecule has 11 heteroatoms. The average molecular weight is 649 g/mol. The molecule has 45 heavy (non-hydrogen) atoms. The molecule has 0 fully saturated rings. The summed E-state index contributed by atoms with van der Waals surface area (Å²) in [6, 6.07) is 13.4. The zero-order valence-corrected chi connectivity index (χ0v) is 27.5. The number of hydrogen-bond acceptors (Lipinski definition) is 6. The first-order valence-corrected chi connectivity index (χ1v) is 16.1. The van der Waals surface area contributed by atoms with E-state index >= 15 is 0 Å². The number of halogens is 1. The van der Waals surface area contributed by atoms with Gasteiger partial charge in [0, 0.05) is 35.1 Å². The number of pyridine rings is 1. The Balaban J connectivity index is 1.98. The molecule has 4 aromatic rings. The minimum Gasteiger partial charge on any atom is -0.480 e. The number of nitrogens with one attached hydrogen (secondary N) is 2. The van der Waals surface area contributed by atoms with Crippen molar-refractivity contribution in [3.63, 3.8) is 0 Å². The molecule has 0 saturated heterocycles. The number of carbonyl (C=O) groups excluding carboxylic acids is 2. The van der Waals surface area contributed by atoms with Crippen LogP contribution in [0.2, 0.25) is 5.02 Å². The number of thiazole rings is 1. The van der Waals surface area contributed by atoms with Crippen molar-refractivity contribution >= 4 is 40.7 Å². The van der Waals surface area contributed by atoms with Gasteiger partial charge in [-0.1, -0.05) is 69.6 Å². The molecule has 3 N–H and O–H groups in total. The van der Waals surface area contributed by atoms with Gasteiger partial charge < -0.3 is 15.7 Å². The maximum absolute atomic E-state index is 14.6. The van der Waals surface area contributed by atoms with E-state index in [4.69, 9.17) is 16.6 Å². The molecule has 2 heterocycles. The van der Waals surface area contributed by atoms with Crippen LogP contribution in [0.1, 0.15) is 61.8 Å². The lowest BCUT2D eigenvalue weighted by Crippen LogP contribution is -2.48. The SMILES string of the molecule is CCc1cccc(CC)c1-n1c(CC(C)C)c(C(=O)NC[C@@H](NC(C)=O)C(=O)O)cc(-c2nc(-c3ccc(Cl)cc3)cs2)c1=O. The van der Waals surface area contributed by atoms with Gasteiger partial charge in [-0.15, -0.1) is 11.3 Å². The van der Waals surface area contributed by atoms with Crippen molar-refractivity contribution < 1.29 is 19.5 Å². The van der Waals surface area contributed by atoms with Crippen molar-refractivity contribution in [2.24, 2.45) is 5.92 Å². The van der Waals surface area contributed by atoms with Gasteiger partial charge in [-0.25, -0.2) is 9.78 Å². The quantitative estimate of drug-likeness (QED) is 0.175. The number of nitrogens with zero attached hydrogens (tertiary/aromatic N) is 2. The fourth-order valence-electron chi connectivity index (χ4n) is 5.22. The molecule has 0 bridgehead atoms. The summed E-state index contributed by atoms with van der Waals surface area (Å²) in [6.45, 7) is 8.93. The number of aliphatic carboxylic acids is 1. The summed E-state index contributed by atoms with van der Waals surface area (Å²) in [4.78, 5) is 56.7. The topological polar surface area (TPSA) is 130 Å². The summed E-state index contributed by atoms with van der Waals surface area (Å²) < 4.78 is 1.66. The molecule has 0 unspecified atom stereocenters. The maximum Gasteiger partial charge on any atom is 0.328 e.